The Morgan fingerprint density at radius 1 is 1.21 bits per heavy atom. The Labute approximate surface area is 108 Å². The predicted octanol–water partition coefficient (Wildman–Crippen LogP) is 1.35. The van der Waals surface area contributed by atoms with E-state index >= 15 is 0 Å². The summed E-state index contributed by atoms with van der Waals surface area (Å²) in [6.45, 7) is -0.269. The molecule has 0 atom stereocenters. The summed E-state index contributed by atoms with van der Waals surface area (Å²) in [4.78, 5) is 21.9. The third-order valence-electron chi connectivity index (χ3n) is 3.32. The molecule has 19 heavy (non-hydrogen) atoms. The first kappa shape index (κ1) is 13.4. The van der Waals surface area contributed by atoms with Crippen LogP contribution in [0.4, 0.5) is 4.39 Å². The molecule has 1 saturated carbocycles. The maximum Gasteiger partial charge on any atom is 0.359 e. The molecule has 104 valence electrons. The van der Waals surface area contributed by atoms with Gasteiger partial charge in [-0.15, -0.1) is 5.10 Å². The molecule has 1 aliphatic carbocycles. The summed E-state index contributed by atoms with van der Waals surface area (Å²) in [5.74, 6) is -2.96. The summed E-state index contributed by atoms with van der Waals surface area (Å²) in [7, 11) is 0. The number of carboxylic acids is 2. The van der Waals surface area contributed by atoms with E-state index in [9.17, 15) is 14.0 Å². The van der Waals surface area contributed by atoms with E-state index in [0.717, 1.165) is 23.9 Å². The number of carboxylic acid groups (broad SMARTS) is 2. The third kappa shape index (κ3) is 2.72. The summed E-state index contributed by atoms with van der Waals surface area (Å²) >= 11 is 0. The van der Waals surface area contributed by atoms with Gasteiger partial charge in [-0.05, 0) is 12.8 Å². The second-order valence-corrected chi connectivity index (χ2v) is 4.77. The molecule has 0 radical (unpaired) electrons. The van der Waals surface area contributed by atoms with Crippen molar-refractivity contribution in [1.82, 2.24) is 15.0 Å². The van der Waals surface area contributed by atoms with Crippen molar-refractivity contribution in [3.63, 3.8) is 0 Å². The van der Waals surface area contributed by atoms with Gasteiger partial charge in [0.15, 0.2) is 5.69 Å². The van der Waals surface area contributed by atoms with Crippen LogP contribution in [0.25, 0.3) is 0 Å². The van der Waals surface area contributed by atoms with Crippen molar-refractivity contribution in [2.75, 3.05) is 0 Å². The molecule has 0 spiro atoms. The Morgan fingerprint density at radius 2 is 1.84 bits per heavy atom. The van der Waals surface area contributed by atoms with Gasteiger partial charge in [-0.25, -0.2) is 18.7 Å². The topological polar surface area (TPSA) is 105 Å². The quantitative estimate of drug-likeness (QED) is 0.856. The number of alkyl halides is 1. The van der Waals surface area contributed by atoms with Gasteiger partial charge in [0.1, 0.15) is 5.67 Å². The van der Waals surface area contributed by atoms with Crippen LogP contribution >= 0.6 is 0 Å². The van der Waals surface area contributed by atoms with Crippen LogP contribution in [-0.2, 0) is 6.54 Å². The van der Waals surface area contributed by atoms with Crippen molar-refractivity contribution in [2.24, 2.45) is 0 Å². The fourth-order valence-corrected chi connectivity index (χ4v) is 2.39. The monoisotopic (exact) mass is 271 g/mol. The Morgan fingerprint density at radius 3 is 2.37 bits per heavy atom. The summed E-state index contributed by atoms with van der Waals surface area (Å²) in [5, 5.41) is 24.6. The number of rotatable bonds is 4. The van der Waals surface area contributed by atoms with Gasteiger partial charge in [0.05, 0.1) is 6.54 Å². The molecule has 0 aliphatic heterocycles. The van der Waals surface area contributed by atoms with E-state index < -0.39 is 29.0 Å². The Balaban J connectivity index is 2.29. The smallest absolute Gasteiger partial charge is 0.359 e. The summed E-state index contributed by atoms with van der Waals surface area (Å²) < 4.78 is 15.3. The molecule has 8 heteroatoms. The Bertz CT molecular complexity index is 508. The minimum atomic E-state index is -1.54. The van der Waals surface area contributed by atoms with E-state index in [4.69, 9.17) is 10.2 Å². The number of hydrogen-bond donors (Lipinski definition) is 2. The lowest BCUT2D eigenvalue weighted by Crippen LogP contribution is -2.33. The molecular weight excluding hydrogens is 257 g/mol. The highest BCUT2D eigenvalue weighted by Gasteiger charge is 2.35. The molecule has 1 aromatic heterocycles. The van der Waals surface area contributed by atoms with Crippen LogP contribution in [0.3, 0.4) is 0 Å². The maximum absolute atomic E-state index is 14.5. The highest BCUT2D eigenvalue weighted by atomic mass is 19.1. The third-order valence-corrected chi connectivity index (χ3v) is 3.32. The van der Waals surface area contributed by atoms with Gasteiger partial charge < -0.3 is 10.2 Å². The number of aromatic nitrogens is 3. The van der Waals surface area contributed by atoms with Crippen molar-refractivity contribution in [2.45, 2.75) is 44.3 Å². The zero-order valence-electron chi connectivity index (χ0n) is 10.2. The lowest BCUT2D eigenvalue weighted by molar-refractivity contribution is 0.0610. The number of hydrogen-bond acceptors (Lipinski definition) is 4. The molecule has 1 heterocycles. The van der Waals surface area contributed by atoms with Gasteiger partial charge >= 0.3 is 11.9 Å². The first-order valence-electron chi connectivity index (χ1n) is 6.02. The highest BCUT2D eigenvalue weighted by molar-refractivity contribution is 5.98. The van der Waals surface area contributed by atoms with Crippen molar-refractivity contribution < 1.29 is 24.2 Å². The minimum Gasteiger partial charge on any atom is -0.476 e. The van der Waals surface area contributed by atoms with E-state index in [1.165, 1.54) is 0 Å². The molecule has 0 saturated heterocycles. The number of aromatic carboxylic acids is 2. The lowest BCUT2D eigenvalue weighted by atomic mass is 9.86. The lowest BCUT2D eigenvalue weighted by Gasteiger charge is -2.29. The van der Waals surface area contributed by atoms with Gasteiger partial charge in [0.25, 0.3) is 0 Å². The molecule has 1 fully saturated rings. The van der Waals surface area contributed by atoms with Gasteiger partial charge in [-0.1, -0.05) is 24.5 Å². The average Bonchev–Trinajstić information content (AvgIpc) is 2.73. The fourth-order valence-electron chi connectivity index (χ4n) is 2.39. The average molecular weight is 271 g/mol. The largest absolute Gasteiger partial charge is 0.476 e. The molecule has 7 nitrogen and oxygen atoms in total. The predicted molar refractivity (Wildman–Crippen MR) is 60.9 cm³/mol. The summed E-state index contributed by atoms with van der Waals surface area (Å²) in [6.07, 6.45) is 3.08. The zero-order valence-corrected chi connectivity index (χ0v) is 10.2. The van der Waals surface area contributed by atoms with E-state index in [1.807, 2.05) is 0 Å². The van der Waals surface area contributed by atoms with Crippen molar-refractivity contribution in [3.05, 3.63) is 11.4 Å². The van der Waals surface area contributed by atoms with E-state index in [2.05, 4.69) is 10.3 Å². The SMILES string of the molecule is O=C(O)c1nnn(CC2(F)CCCCC2)c1C(=O)O. The van der Waals surface area contributed by atoms with Gasteiger partial charge in [-0.2, -0.15) is 0 Å². The van der Waals surface area contributed by atoms with Gasteiger partial charge in [-0.3, -0.25) is 0 Å². The molecule has 2 rings (SSSR count). The first-order valence-corrected chi connectivity index (χ1v) is 6.02. The van der Waals surface area contributed by atoms with Crippen LogP contribution in [0.15, 0.2) is 0 Å². The van der Waals surface area contributed by atoms with Crippen LogP contribution in [-0.4, -0.2) is 42.8 Å². The van der Waals surface area contributed by atoms with Crippen LogP contribution in [0.2, 0.25) is 0 Å². The minimum absolute atomic E-state index is 0.269. The van der Waals surface area contributed by atoms with Crippen LogP contribution in [0.1, 0.15) is 53.1 Å². The molecule has 0 bridgehead atoms. The molecule has 1 aliphatic rings. The normalized spacial score (nSPS) is 18.2. The van der Waals surface area contributed by atoms with Crippen LogP contribution < -0.4 is 0 Å². The van der Waals surface area contributed by atoms with Crippen molar-refractivity contribution in [1.29, 1.82) is 0 Å². The molecule has 1 aromatic rings. The summed E-state index contributed by atoms with van der Waals surface area (Å²) in [6, 6.07) is 0. The van der Waals surface area contributed by atoms with Crippen molar-refractivity contribution >= 4 is 11.9 Å². The first-order chi connectivity index (χ1) is 8.93. The van der Waals surface area contributed by atoms with E-state index in [1.54, 1.807) is 0 Å². The number of carbonyl (C=O) groups is 2. The fraction of sp³-hybridized carbons (Fsp3) is 0.636. The Kier molecular flexibility index (Phi) is 3.50. The zero-order chi connectivity index (χ0) is 14.0. The maximum atomic E-state index is 14.5. The standard InChI is InChI=1S/C11H14FN3O4/c12-11(4-2-1-3-5-11)6-15-8(10(18)19)7(9(16)17)13-14-15/h1-6H2,(H,16,17)(H,18,19). The second-order valence-electron chi connectivity index (χ2n) is 4.77. The number of halogens is 1. The van der Waals surface area contributed by atoms with Gasteiger partial charge in [0, 0.05) is 0 Å². The highest BCUT2D eigenvalue weighted by Crippen LogP contribution is 2.33. The van der Waals surface area contributed by atoms with Crippen LogP contribution in [0.5, 0.6) is 0 Å². The van der Waals surface area contributed by atoms with E-state index in [0.29, 0.717) is 12.8 Å². The molecule has 0 unspecified atom stereocenters. The molecule has 0 amide bonds. The molecule has 2 N–H and O–H groups in total. The van der Waals surface area contributed by atoms with Crippen molar-refractivity contribution in [3.8, 4) is 0 Å². The molecular formula is C11H14FN3O4. The summed E-state index contributed by atoms with van der Waals surface area (Å²) in [5.41, 5.74) is -2.77. The van der Waals surface area contributed by atoms with Gasteiger partial charge in [0.2, 0.25) is 5.69 Å². The van der Waals surface area contributed by atoms with Crippen LogP contribution in [0, 0.1) is 0 Å². The Hall–Kier alpha value is -1.99. The molecule has 0 aromatic carbocycles. The second kappa shape index (κ2) is 4.94. The van der Waals surface area contributed by atoms with E-state index in [-0.39, 0.29) is 6.54 Å². The number of nitrogens with zero attached hydrogens (tertiary/aromatic N) is 3.